The van der Waals surface area contributed by atoms with Gasteiger partial charge >= 0.3 is 12.1 Å². The van der Waals surface area contributed by atoms with Crippen LogP contribution in [0.3, 0.4) is 0 Å². The van der Waals surface area contributed by atoms with Crippen molar-refractivity contribution < 1.29 is 18.0 Å². The SMILES string of the molecule is CN(C(=O)C(F)(F)F)C(Cc1ccccc1)c1ccccc1. The van der Waals surface area contributed by atoms with Gasteiger partial charge in [0.05, 0.1) is 6.04 Å². The molecule has 0 bridgehead atoms. The topological polar surface area (TPSA) is 20.3 Å². The predicted octanol–water partition coefficient (Wildman–Crippen LogP) is 3.99. The first-order chi connectivity index (χ1) is 10.4. The van der Waals surface area contributed by atoms with Gasteiger partial charge in [0.1, 0.15) is 0 Å². The summed E-state index contributed by atoms with van der Waals surface area (Å²) < 4.78 is 38.2. The fourth-order valence-electron chi connectivity index (χ4n) is 2.33. The van der Waals surface area contributed by atoms with E-state index in [9.17, 15) is 18.0 Å². The molecule has 2 aromatic carbocycles. The van der Waals surface area contributed by atoms with Gasteiger partial charge in [-0.15, -0.1) is 0 Å². The number of amides is 1. The van der Waals surface area contributed by atoms with E-state index in [2.05, 4.69) is 0 Å². The second-order valence-electron chi connectivity index (χ2n) is 5.03. The lowest BCUT2D eigenvalue weighted by Gasteiger charge is -2.29. The third-order valence-corrected chi connectivity index (χ3v) is 3.49. The van der Waals surface area contributed by atoms with Crippen LogP contribution in [0.5, 0.6) is 0 Å². The Kier molecular flexibility index (Phi) is 4.85. The molecule has 1 amide bonds. The number of likely N-dealkylation sites (N-methyl/N-ethyl adjacent to an activating group) is 1. The molecule has 0 aliphatic rings. The van der Waals surface area contributed by atoms with Crippen LogP contribution in [-0.4, -0.2) is 24.0 Å². The molecule has 0 N–H and O–H groups in total. The maximum absolute atomic E-state index is 12.7. The van der Waals surface area contributed by atoms with Gasteiger partial charge in [0.15, 0.2) is 0 Å². The Labute approximate surface area is 127 Å². The van der Waals surface area contributed by atoms with E-state index in [1.807, 2.05) is 30.3 Å². The number of rotatable bonds is 4. The van der Waals surface area contributed by atoms with Crippen LogP contribution in [0.1, 0.15) is 17.2 Å². The molecule has 22 heavy (non-hydrogen) atoms. The zero-order chi connectivity index (χ0) is 16.2. The molecule has 1 atom stereocenters. The molecule has 0 fully saturated rings. The van der Waals surface area contributed by atoms with Crippen molar-refractivity contribution in [3.8, 4) is 0 Å². The van der Waals surface area contributed by atoms with Crippen LogP contribution in [-0.2, 0) is 11.2 Å². The highest BCUT2D eigenvalue weighted by Crippen LogP contribution is 2.28. The summed E-state index contributed by atoms with van der Waals surface area (Å²) in [5.74, 6) is -1.84. The van der Waals surface area contributed by atoms with E-state index in [4.69, 9.17) is 0 Å². The highest BCUT2D eigenvalue weighted by Gasteiger charge is 2.43. The normalized spacial score (nSPS) is 12.7. The maximum Gasteiger partial charge on any atom is 0.471 e. The molecule has 0 radical (unpaired) electrons. The lowest BCUT2D eigenvalue weighted by molar-refractivity contribution is -0.186. The Bertz CT molecular complexity index is 611. The van der Waals surface area contributed by atoms with Gasteiger partial charge in [-0.1, -0.05) is 60.7 Å². The quantitative estimate of drug-likeness (QED) is 0.836. The second kappa shape index (κ2) is 6.64. The van der Waals surface area contributed by atoms with Crippen LogP contribution in [0, 0.1) is 0 Å². The number of benzene rings is 2. The van der Waals surface area contributed by atoms with E-state index in [1.165, 1.54) is 7.05 Å². The minimum atomic E-state index is -4.88. The fraction of sp³-hybridized carbons (Fsp3) is 0.235. The van der Waals surface area contributed by atoms with E-state index in [-0.39, 0.29) is 0 Å². The molecule has 0 heterocycles. The molecule has 2 aromatic rings. The molecule has 0 aromatic heterocycles. The summed E-state index contributed by atoms with van der Waals surface area (Å²) in [5, 5.41) is 0. The number of alkyl halides is 3. The number of carbonyl (C=O) groups excluding carboxylic acids is 1. The van der Waals surface area contributed by atoms with Crippen molar-refractivity contribution in [2.24, 2.45) is 0 Å². The number of nitrogens with zero attached hydrogens (tertiary/aromatic N) is 1. The predicted molar refractivity (Wildman–Crippen MR) is 78.2 cm³/mol. The Hall–Kier alpha value is -2.30. The highest BCUT2D eigenvalue weighted by atomic mass is 19.4. The van der Waals surface area contributed by atoms with Crippen LogP contribution in [0.2, 0.25) is 0 Å². The molecule has 1 unspecified atom stereocenters. The van der Waals surface area contributed by atoms with Gasteiger partial charge in [-0.05, 0) is 17.5 Å². The smallest absolute Gasteiger partial charge is 0.331 e. The molecule has 0 saturated carbocycles. The lowest BCUT2D eigenvalue weighted by atomic mass is 9.97. The van der Waals surface area contributed by atoms with Crippen LogP contribution in [0.4, 0.5) is 13.2 Å². The summed E-state index contributed by atoms with van der Waals surface area (Å²) in [7, 11) is 1.19. The number of halogens is 3. The maximum atomic E-state index is 12.7. The summed E-state index contributed by atoms with van der Waals surface area (Å²) >= 11 is 0. The van der Waals surface area contributed by atoms with Crippen molar-refractivity contribution in [3.05, 3.63) is 71.8 Å². The van der Waals surface area contributed by atoms with Crippen LogP contribution in [0.25, 0.3) is 0 Å². The molecular formula is C17H16F3NO. The third-order valence-electron chi connectivity index (χ3n) is 3.49. The monoisotopic (exact) mass is 307 g/mol. The molecule has 116 valence electrons. The van der Waals surface area contributed by atoms with Gasteiger partial charge in [-0.25, -0.2) is 0 Å². The zero-order valence-corrected chi connectivity index (χ0v) is 12.0. The number of carbonyl (C=O) groups is 1. The van der Waals surface area contributed by atoms with Crippen molar-refractivity contribution in [1.29, 1.82) is 0 Å². The van der Waals surface area contributed by atoms with E-state index in [0.29, 0.717) is 12.0 Å². The molecule has 0 aliphatic carbocycles. The summed E-state index contributed by atoms with van der Waals surface area (Å²) in [6.07, 6.45) is -4.55. The average Bonchev–Trinajstić information content (AvgIpc) is 2.52. The highest BCUT2D eigenvalue weighted by molar-refractivity contribution is 5.82. The standard InChI is InChI=1S/C17H16F3NO/c1-21(16(22)17(18,19)20)15(14-10-6-3-7-11-14)12-13-8-4-2-5-9-13/h2-11,15H,12H2,1H3. The van der Waals surface area contributed by atoms with Crippen LogP contribution < -0.4 is 0 Å². The van der Waals surface area contributed by atoms with Gasteiger partial charge in [0, 0.05) is 7.05 Å². The summed E-state index contributed by atoms with van der Waals surface area (Å²) in [4.78, 5) is 12.3. The summed E-state index contributed by atoms with van der Waals surface area (Å²) in [6, 6.07) is 17.2. The minimum Gasteiger partial charge on any atom is -0.331 e. The Balaban J connectivity index is 2.32. The Morgan fingerprint density at radius 3 is 2.00 bits per heavy atom. The first-order valence-corrected chi connectivity index (χ1v) is 6.82. The summed E-state index contributed by atoms with van der Waals surface area (Å²) in [5.41, 5.74) is 1.55. The lowest BCUT2D eigenvalue weighted by Crippen LogP contribution is -2.41. The molecule has 0 aliphatic heterocycles. The van der Waals surface area contributed by atoms with E-state index in [0.717, 1.165) is 10.5 Å². The zero-order valence-electron chi connectivity index (χ0n) is 12.0. The molecular weight excluding hydrogens is 291 g/mol. The fourth-order valence-corrected chi connectivity index (χ4v) is 2.33. The third kappa shape index (κ3) is 3.87. The molecule has 0 spiro atoms. The van der Waals surface area contributed by atoms with Gasteiger partial charge in [0.25, 0.3) is 0 Å². The van der Waals surface area contributed by atoms with E-state index < -0.39 is 18.1 Å². The molecule has 2 rings (SSSR count). The van der Waals surface area contributed by atoms with Crippen LogP contribution in [0.15, 0.2) is 60.7 Å². The van der Waals surface area contributed by atoms with Crippen molar-refractivity contribution in [2.75, 3.05) is 7.05 Å². The second-order valence-corrected chi connectivity index (χ2v) is 5.03. The Morgan fingerprint density at radius 1 is 1.00 bits per heavy atom. The van der Waals surface area contributed by atoms with Gasteiger partial charge in [-0.2, -0.15) is 13.2 Å². The summed E-state index contributed by atoms with van der Waals surface area (Å²) in [6.45, 7) is 0. The van der Waals surface area contributed by atoms with Crippen molar-refractivity contribution in [3.63, 3.8) is 0 Å². The van der Waals surface area contributed by atoms with Crippen molar-refractivity contribution in [1.82, 2.24) is 4.90 Å². The minimum absolute atomic E-state index is 0.323. The van der Waals surface area contributed by atoms with Gasteiger partial charge < -0.3 is 4.90 Å². The van der Waals surface area contributed by atoms with Gasteiger partial charge in [-0.3, -0.25) is 4.79 Å². The largest absolute Gasteiger partial charge is 0.471 e. The number of hydrogen-bond acceptors (Lipinski definition) is 1. The Morgan fingerprint density at radius 2 is 1.50 bits per heavy atom. The van der Waals surface area contributed by atoms with Crippen molar-refractivity contribution >= 4 is 5.91 Å². The van der Waals surface area contributed by atoms with E-state index >= 15 is 0 Å². The molecule has 5 heteroatoms. The van der Waals surface area contributed by atoms with Crippen molar-refractivity contribution in [2.45, 2.75) is 18.6 Å². The average molecular weight is 307 g/mol. The first-order valence-electron chi connectivity index (χ1n) is 6.82. The first kappa shape index (κ1) is 16.1. The van der Waals surface area contributed by atoms with E-state index in [1.54, 1.807) is 30.3 Å². The number of hydrogen-bond donors (Lipinski definition) is 0. The van der Waals surface area contributed by atoms with Crippen LogP contribution >= 0.6 is 0 Å². The molecule has 2 nitrogen and oxygen atoms in total. The molecule has 0 saturated heterocycles. The van der Waals surface area contributed by atoms with Gasteiger partial charge in [0.2, 0.25) is 0 Å².